The van der Waals surface area contributed by atoms with Crippen molar-refractivity contribution in [1.29, 1.82) is 0 Å². The van der Waals surface area contributed by atoms with Crippen LogP contribution in [0.4, 0.5) is 0 Å². The summed E-state index contributed by atoms with van der Waals surface area (Å²) in [4.78, 5) is 24.0. The van der Waals surface area contributed by atoms with E-state index in [9.17, 15) is 14.7 Å². The van der Waals surface area contributed by atoms with E-state index in [1.807, 2.05) is 21.0 Å². The number of carboxylic acids is 1. The fourth-order valence-corrected chi connectivity index (χ4v) is 3.97. The molecule has 0 aliphatic rings. The van der Waals surface area contributed by atoms with Crippen LogP contribution in [0.1, 0.15) is 124 Å². The number of likely N-dealkylation sites (N-methyl/N-ethyl adjacent to an activating group) is 1. The van der Waals surface area contributed by atoms with Gasteiger partial charge in [0.25, 0.3) is 0 Å². The van der Waals surface area contributed by atoms with Crippen molar-refractivity contribution < 1.29 is 19.2 Å². The summed E-state index contributed by atoms with van der Waals surface area (Å²) in [6.07, 6.45) is 22.3. The summed E-state index contributed by atoms with van der Waals surface area (Å²) >= 11 is 0. The Kier molecular flexibility index (Phi) is 17.3. The second-order valence-electron chi connectivity index (χ2n) is 10.7. The Morgan fingerprint density at radius 1 is 0.848 bits per heavy atom. The molecule has 0 saturated carbocycles. The minimum Gasteiger partial charge on any atom is -0.477 e. The van der Waals surface area contributed by atoms with Crippen molar-refractivity contribution in [3.8, 4) is 0 Å². The third-order valence-electron chi connectivity index (χ3n) is 7.24. The van der Waals surface area contributed by atoms with Crippen molar-refractivity contribution in [1.82, 2.24) is 5.32 Å². The Labute approximate surface area is 205 Å². The van der Waals surface area contributed by atoms with E-state index < -0.39 is 11.5 Å². The lowest BCUT2D eigenvalue weighted by Gasteiger charge is -2.43. The second-order valence-corrected chi connectivity index (χ2v) is 10.7. The standard InChI is InChI=1S/C28H54N2O3/c1-7-9-10-11-12-13-14-15-16-17-18-19-20-21-22-23-26(31)29-25(8-2)24-30(5,6)28(3,4)27(32)33/h15-16,25H,7-14,17-24H2,1-6H3,(H-,29,31,32,33)/p+1/b16-15-. The van der Waals surface area contributed by atoms with Gasteiger partial charge in [-0.15, -0.1) is 0 Å². The number of carbonyl (C=O) groups excluding carboxylic acids is 1. The summed E-state index contributed by atoms with van der Waals surface area (Å²) in [5.41, 5.74) is -0.901. The zero-order valence-electron chi connectivity index (χ0n) is 22.8. The van der Waals surface area contributed by atoms with E-state index in [1.165, 1.54) is 70.6 Å². The second kappa shape index (κ2) is 18.0. The summed E-state index contributed by atoms with van der Waals surface area (Å²) in [5, 5.41) is 12.7. The number of hydrogen-bond acceptors (Lipinski definition) is 2. The summed E-state index contributed by atoms with van der Waals surface area (Å²) in [5.74, 6) is -0.727. The van der Waals surface area contributed by atoms with Gasteiger partial charge in [0.05, 0.1) is 26.7 Å². The first-order valence-electron chi connectivity index (χ1n) is 13.6. The van der Waals surface area contributed by atoms with E-state index in [1.54, 1.807) is 13.8 Å². The molecule has 0 saturated heterocycles. The molecule has 0 bridgehead atoms. The molecule has 0 fully saturated rings. The van der Waals surface area contributed by atoms with E-state index in [4.69, 9.17) is 0 Å². The van der Waals surface area contributed by atoms with Crippen LogP contribution in [0.3, 0.4) is 0 Å². The topological polar surface area (TPSA) is 66.4 Å². The molecule has 33 heavy (non-hydrogen) atoms. The highest BCUT2D eigenvalue weighted by atomic mass is 16.4. The average Bonchev–Trinajstić information content (AvgIpc) is 2.75. The molecule has 0 aromatic rings. The molecule has 194 valence electrons. The maximum absolute atomic E-state index is 12.4. The first kappa shape index (κ1) is 31.6. The van der Waals surface area contributed by atoms with Crippen LogP contribution in [0.5, 0.6) is 0 Å². The smallest absolute Gasteiger partial charge is 0.365 e. The van der Waals surface area contributed by atoms with Gasteiger partial charge in [0.2, 0.25) is 5.91 Å². The van der Waals surface area contributed by atoms with Crippen LogP contribution in [-0.4, -0.2) is 53.7 Å². The van der Waals surface area contributed by atoms with E-state index >= 15 is 0 Å². The Morgan fingerprint density at radius 3 is 1.82 bits per heavy atom. The van der Waals surface area contributed by atoms with Gasteiger partial charge in [-0.05, 0) is 38.5 Å². The molecular formula is C28H55N2O3+. The molecule has 0 aliphatic heterocycles. The largest absolute Gasteiger partial charge is 0.477 e. The van der Waals surface area contributed by atoms with E-state index in [-0.39, 0.29) is 11.9 Å². The molecular weight excluding hydrogens is 412 g/mol. The van der Waals surface area contributed by atoms with Crippen molar-refractivity contribution in [2.45, 2.75) is 136 Å². The van der Waals surface area contributed by atoms with Gasteiger partial charge in [-0.1, -0.05) is 77.4 Å². The van der Waals surface area contributed by atoms with Gasteiger partial charge in [0.15, 0.2) is 5.54 Å². The quantitative estimate of drug-likeness (QED) is 0.110. The molecule has 0 heterocycles. The van der Waals surface area contributed by atoms with Crippen molar-refractivity contribution in [3.05, 3.63) is 12.2 Å². The molecule has 0 spiro atoms. The normalized spacial score (nSPS) is 13.4. The van der Waals surface area contributed by atoms with Crippen LogP contribution >= 0.6 is 0 Å². The lowest BCUT2D eigenvalue weighted by atomic mass is 9.99. The number of allylic oxidation sites excluding steroid dienone is 2. The number of hydrogen-bond donors (Lipinski definition) is 2. The Hall–Kier alpha value is -1.36. The molecule has 2 N–H and O–H groups in total. The van der Waals surface area contributed by atoms with Gasteiger partial charge in [-0.2, -0.15) is 0 Å². The van der Waals surface area contributed by atoms with E-state index in [0.29, 0.717) is 17.4 Å². The molecule has 1 amide bonds. The lowest BCUT2D eigenvalue weighted by molar-refractivity contribution is -0.929. The highest BCUT2D eigenvalue weighted by Gasteiger charge is 2.44. The third kappa shape index (κ3) is 14.5. The first-order chi connectivity index (χ1) is 15.6. The maximum Gasteiger partial charge on any atom is 0.365 e. The van der Waals surface area contributed by atoms with Gasteiger partial charge < -0.3 is 14.9 Å². The SMILES string of the molecule is CCCCCCCC/C=C\CCCCCCCC(=O)NC(CC)C[N+](C)(C)C(C)(C)C(=O)O. The van der Waals surface area contributed by atoms with Gasteiger partial charge >= 0.3 is 5.97 Å². The van der Waals surface area contributed by atoms with Crippen LogP contribution in [0.15, 0.2) is 12.2 Å². The van der Waals surface area contributed by atoms with Gasteiger partial charge in [-0.25, -0.2) is 4.79 Å². The molecule has 0 radical (unpaired) electrons. The number of unbranched alkanes of at least 4 members (excludes halogenated alkanes) is 11. The van der Waals surface area contributed by atoms with Crippen LogP contribution < -0.4 is 5.32 Å². The Bertz CT molecular complexity index is 555. The molecule has 0 aromatic carbocycles. The van der Waals surface area contributed by atoms with Gasteiger partial charge in [0, 0.05) is 20.3 Å². The minimum absolute atomic E-state index is 0.00532. The number of nitrogens with zero attached hydrogens (tertiary/aromatic N) is 1. The highest BCUT2D eigenvalue weighted by Crippen LogP contribution is 2.21. The van der Waals surface area contributed by atoms with Crippen molar-refractivity contribution >= 4 is 11.9 Å². The summed E-state index contributed by atoms with van der Waals surface area (Å²) in [7, 11) is 3.85. The molecule has 1 atom stereocenters. The summed E-state index contributed by atoms with van der Waals surface area (Å²) in [6.45, 7) is 8.40. The predicted octanol–water partition coefficient (Wildman–Crippen LogP) is 6.86. The van der Waals surface area contributed by atoms with Crippen LogP contribution in [0.2, 0.25) is 0 Å². The number of quaternary nitrogens is 1. The fraction of sp³-hybridized carbons (Fsp3) is 0.857. The molecule has 1 unspecified atom stereocenters. The van der Waals surface area contributed by atoms with Crippen molar-refractivity contribution in [2.24, 2.45) is 0 Å². The fourth-order valence-electron chi connectivity index (χ4n) is 3.97. The highest BCUT2D eigenvalue weighted by molar-refractivity contribution is 5.76. The minimum atomic E-state index is -0.901. The van der Waals surface area contributed by atoms with Gasteiger partial charge in [-0.3, -0.25) is 4.79 Å². The Balaban J connectivity index is 3.86. The average molecular weight is 468 g/mol. The summed E-state index contributed by atoms with van der Waals surface area (Å²) < 4.78 is 0.328. The maximum atomic E-state index is 12.4. The van der Waals surface area contributed by atoms with Crippen LogP contribution in [0, 0.1) is 0 Å². The monoisotopic (exact) mass is 467 g/mol. The molecule has 5 heteroatoms. The predicted molar refractivity (Wildman–Crippen MR) is 140 cm³/mol. The molecule has 0 rings (SSSR count). The number of amides is 1. The molecule has 5 nitrogen and oxygen atoms in total. The zero-order chi connectivity index (χ0) is 25.2. The third-order valence-corrected chi connectivity index (χ3v) is 7.24. The first-order valence-corrected chi connectivity index (χ1v) is 13.6. The number of aliphatic carboxylic acids is 1. The van der Waals surface area contributed by atoms with Crippen molar-refractivity contribution in [2.75, 3.05) is 20.6 Å². The molecule has 0 aliphatic carbocycles. The van der Waals surface area contributed by atoms with Gasteiger partial charge in [0.1, 0.15) is 0 Å². The molecule has 0 aromatic heterocycles. The van der Waals surface area contributed by atoms with Crippen molar-refractivity contribution in [3.63, 3.8) is 0 Å². The number of nitrogens with one attached hydrogen (secondary N) is 1. The summed E-state index contributed by atoms with van der Waals surface area (Å²) in [6, 6.07) is -0.00532. The van der Waals surface area contributed by atoms with Crippen LogP contribution in [-0.2, 0) is 9.59 Å². The number of carbonyl (C=O) groups is 2. The Morgan fingerprint density at radius 2 is 1.33 bits per heavy atom. The number of rotatable bonds is 21. The lowest BCUT2D eigenvalue weighted by Crippen LogP contribution is -2.64. The zero-order valence-corrected chi connectivity index (χ0v) is 22.8. The van der Waals surface area contributed by atoms with E-state index in [0.717, 1.165) is 19.3 Å². The number of carboxylic acid groups (broad SMARTS) is 1. The van der Waals surface area contributed by atoms with E-state index in [2.05, 4.69) is 24.4 Å². The van der Waals surface area contributed by atoms with Crippen LogP contribution in [0.25, 0.3) is 0 Å².